The van der Waals surface area contributed by atoms with E-state index in [1.165, 1.54) is 43.2 Å². The molecule has 55 heavy (non-hydrogen) atoms. The van der Waals surface area contributed by atoms with E-state index in [1.807, 2.05) is 54.6 Å². The second-order valence-electron chi connectivity index (χ2n) is 15.0. The third-order valence-electron chi connectivity index (χ3n) is 11.6. The molecule has 0 aliphatic heterocycles. The normalized spacial score (nSPS) is 17.3. The van der Waals surface area contributed by atoms with Gasteiger partial charge < -0.3 is 0 Å². The molecule has 10 rings (SSSR count). The zero-order valence-corrected chi connectivity index (χ0v) is 30.5. The highest BCUT2D eigenvalue weighted by molar-refractivity contribution is 5.76. The van der Waals surface area contributed by atoms with Gasteiger partial charge >= 0.3 is 0 Å². The molecule has 2 aliphatic rings. The monoisotopic (exact) mass is 709 g/mol. The first kappa shape index (κ1) is 33.0. The van der Waals surface area contributed by atoms with Gasteiger partial charge in [0.1, 0.15) is 0 Å². The molecular formula is C50H39N5. The van der Waals surface area contributed by atoms with Crippen LogP contribution in [0.4, 0.5) is 0 Å². The van der Waals surface area contributed by atoms with Crippen molar-refractivity contribution in [2.24, 2.45) is 5.92 Å². The van der Waals surface area contributed by atoms with Gasteiger partial charge in [-0.1, -0.05) is 152 Å². The minimum absolute atomic E-state index is 0.319. The van der Waals surface area contributed by atoms with E-state index < -0.39 is 0 Å². The average molecular weight is 710 g/mol. The van der Waals surface area contributed by atoms with Crippen molar-refractivity contribution >= 4 is 0 Å². The molecule has 5 nitrogen and oxygen atoms in total. The van der Waals surface area contributed by atoms with E-state index in [2.05, 4.69) is 115 Å². The Morgan fingerprint density at radius 1 is 0.345 bits per heavy atom. The Morgan fingerprint density at radius 2 is 0.764 bits per heavy atom. The van der Waals surface area contributed by atoms with E-state index in [4.69, 9.17) is 24.9 Å². The first-order chi connectivity index (χ1) is 27.2. The Balaban J connectivity index is 1.07. The van der Waals surface area contributed by atoms with Crippen LogP contribution in [0, 0.1) is 5.92 Å². The molecule has 2 saturated carbocycles. The van der Waals surface area contributed by atoms with Crippen LogP contribution in [0.2, 0.25) is 0 Å². The smallest absolute Gasteiger partial charge is 0.164 e. The maximum absolute atomic E-state index is 5.18. The van der Waals surface area contributed by atoms with Crippen molar-refractivity contribution in [3.63, 3.8) is 0 Å². The summed E-state index contributed by atoms with van der Waals surface area (Å²) in [4.78, 5) is 25.4. The summed E-state index contributed by atoms with van der Waals surface area (Å²) in [5, 5.41) is 0. The molecule has 2 fully saturated rings. The summed E-state index contributed by atoms with van der Waals surface area (Å²) >= 11 is 0. The Hall–Kier alpha value is -6.59. The van der Waals surface area contributed by atoms with Gasteiger partial charge in [-0.3, -0.25) is 0 Å². The Kier molecular flexibility index (Phi) is 8.40. The highest BCUT2D eigenvalue weighted by atomic mass is 15.0. The summed E-state index contributed by atoms with van der Waals surface area (Å²) in [6.07, 6.45) is 6.61. The zero-order valence-electron chi connectivity index (χ0n) is 30.5. The van der Waals surface area contributed by atoms with Gasteiger partial charge in [-0.2, -0.15) is 0 Å². The molecule has 0 saturated heterocycles. The molecule has 2 heterocycles. The van der Waals surface area contributed by atoms with Gasteiger partial charge in [-0.15, -0.1) is 0 Å². The number of aromatic nitrogens is 5. The van der Waals surface area contributed by atoms with Gasteiger partial charge in [0.25, 0.3) is 0 Å². The van der Waals surface area contributed by atoms with Gasteiger partial charge in [0.15, 0.2) is 23.3 Å². The predicted molar refractivity (Wildman–Crippen MR) is 222 cm³/mol. The lowest BCUT2D eigenvalue weighted by molar-refractivity contribution is 0.419. The highest BCUT2D eigenvalue weighted by Crippen LogP contribution is 2.55. The van der Waals surface area contributed by atoms with E-state index in [0.29, 0.717) is 28.7 Å². The fourth-order valence-corrected chi connectivity index (χ4v) is 8.68. The number of benzene rings is 6. The van der Waals surface area contributed by atoms with Crippen molar-refractivity contribution in [2.75, 3.05) is 0 Å². The molecule has 2 aromatic heterocycles. The lowest BCUT2D eigenvalue weighted by atomic mass is 9.77. The molecule has 0 N–H and O–H groups in total. The third-order valence-corrected chi connectivity index (χ3v) is 11.6. The molecular weight excluding hydrogens is 671 g/mol. The van der Waals surface area contributed by atoms with Crippen LogP contribution in [0.25, 0.3) is 79.2 Å². The molecule has 2 aliphatic carbocycles. The number of nitrogens with zero attached hydrogens (tertiary/aromatic N) is 5. The van der Waals surface area contributed by atoms with Crippen molar-refractivity contribution in [1.29, 1.82) is 0 Å². The molecule has 8 aromatic rings. The van der Waals surface area contributed by atoms with Crippen LogP contribution < -0.4 is 0 Å². The van der Waals surface area contributed by atoms with Crippen LogP contribution >= 0.6 is 0 Å². The van der Waals surface area contributed by atoms with Crippen molar-refractivity contribution in [3.05, 3.63) is 175 Å². The summed E-state index contributed by atoms with van der Waals surface area (Å²) in [7, 11) is 0. The van der Waals surface area contributed by atoms with Gasteiger partial charge in [0, 0.05) is 33.4 Å². The molecule has 5 heteroatoms. The maximum Gasteiger partial charge on any atom is 0.164 e. The standard InChI is InChI=1S/C50H39N5/c1-4-12-35(13-5-1)36-22-24-39(25-23-36)48-53-47(38-16-8-3-9-17-38)54-49(55-48)42-20-10-18-40(30-42)44-32-45(52-46(51-44)37-14-6-2-7-15-37)41-19-11-21-43(31-41)50-28-26-34(33-50)27-29-50/h1-25,30-32,34H,26-29,33H2. The predicted octanol–water partition coefficient (Wildman–Crippen LogP) is 12.2. The quantitative estimate of drug-likeness (QED) is 0.157. The first-order valence-electron chi connectivity index (χ1n) is 19.3. The van der Waals surface area contributed by atoms with Gasteiger partial charge in [0.2, 0.25) is 0 Å². The minimum Gasteiger partial charge on any atom is -0.228 e. The topological polar surface area (TPSA) is 64.5 Å². The fourth-order valence-electron chi connectivity index (χ4n) is 8.68. The van der Waals surface area contributed by atoms with Crippen molar-refractivity contribution in [2.45, 2.75) is 37.5 Å². The highest BCUT2D eigenvalue weighted by Gasteiger charge is 2.45. The van der Waals surface area contributed by atoms with E-state index in [-0.39, 0.29) is 0 Å². The van der Waals surface area contributed by atoms with E-state index in [9.17, 15) is 0 Å². The molecule has 0 radical (unpaired) electrons. The number of hydrogen-bond donors (Lipinski definition) is 0. The molecule has 0 spiro atoms. The van der Waals surface area contributed by atoms with Crippen LogP contribution in [-0.2, 0) is 5.41 Å². The average Bonchev–Trinajstić information content (AvgIpc) is 3.91. The lowest BCUT2D eigenvalue weighted by Gasteiger charge is -2.27. The van der Waals surface area contributed by atoms with Gasteiger partial charge in [-0.05, 0) is 78.3 Å². The first-order valence-corrected chi connectivity index (χ1v) is 19.3. The molecule has 0 atom stereocenters. The SMILES string of the molecule is c1ccc(-c2ccc(-c3nc(-c4ccccc4)nc(-c4cccc(-c5cc(-c6cccc(C78CCC(CC7)C8)c6)nc(-c6ccccc6)n5)c4)n3)cc2)cc1. The molecule has 6 aromatic carbocycles. The van der Waals surface area contributed by atoms with Crippen LogP contribution in [0.5, 0.6) is 0 Å². The Bertz CT molecular complexity index is 2610. The van der Waals surface area contributed by atoms with Gasteiger partial charge in [0.05, 0.1) is 11.4 Å². The van der Waals surface area contributed by atoms with Crippen LogP contribution in [0.3, 0.4) is 0 Å². The summed E-state index contributed by atoms with van der Waals surface area (Å²) < 4.78 is 0. The van der Waals surface area contributed by atoms with Crippen LogP contribution in [0.15, 0.2) is 170 Å². The maximum atomic E-state index is 5.18. The molecule has 0 unspecified atom stereocenters. The largest absolute Gasteiger partial charge is 0.228 e. The minimum atomic E-state index is 0.319. The van der Waals surface area contributed by atoms with Crippen molar-refractivity contribution < 1.29 is 0 Å². The van der Waals surface area contributed by atoms with Crippen LogP contribution in [0.1, 0.15) is 37.7 Å². The summed E-state index contributed by atoms with van der Waals surface area (Å²) in [5.41, 5.74) is 11.7. The third kappa shape index (κ3) is 6.52. The number of fused-ring (bicyclic) bond motifs is 2. The van der Waals surface area contributed by atoms with Gasteiger partial charge in [-0.25, -0.2) is 24.9 Å². The zero-order chi connectivity index (χ0) is 36.6. The summed E-state index contributed by atoms with van der Waals surface area (Å²) in [6.45, 7) is 0. The summed E-state index contributed by atoms with van der Waals surface area (Å²) in [6, 6.07) is 58.9. The van der Waals surface area contributed by atoms with Crippen molar-refractivity contribution in [1.82, 2.24) is 24.9 Å². The second-order valence-corrected chi connectivity index (χ2v) is 15.0. The van der Waals surface area contributed by atoms with E-state index >= 15 is 0 Å². The van der Waals surface area contributed by atoms with E-state index in [1.54, 1.807) is 0 Å². The molecule has 264 valence electrons. The molecule has 2 bridgehead atoms. The molecule has 0 amide bonds. The second kappa shape index (κ2) is 14.0. The Labute approximate surface area is 321 Å². The lowest BCUT2D eigenvalue weighted by Crippen LogP contribution is -2.19. The van der Waals surface area contributed by atoms with E-state index in [0.717, 1.165) is 56.2 Å². The summed E-state index contributed by atoms with van der Waals surface area (Å²) in [5.74, 6) is 3.45. The number of hydrogen-bond acceptors (Lipinski definition) is 5. The number of rotatable bonds is 8. The Morgan fingerprint density at radius 3 is 1.33 bits per heavy atom. The fraction of sp³-hybridized carbons (Fsp3) is 0.140. The van der Waals surface area contributed by atoms with Crippen molar-refractivity contribution in [3.8, 4) is 79.2 Å². The van der Waals surface area contributed by atoms with Crippen LogP contribution in [-0.4, -0.2) is 24.9 Å².